The van der Waals surface area contributed by atoms with Crippen LogP contribution in [0.3, 0.4) is 0 Å². The molecule has 0 spiro atoms. The highest BCUT2D eigenvalue weighted by atomic mass is 14.3. The zero-order valence-corrected chi connectivity index (χ0v) is 12.5. The van der Waals surface area contributed by atoms with E-state index in [4.69, 9.17) is 0 Å². The van der Waals surface area contributed by atoms with Crippen LogP contribution in [0.15, 0.2) is 66.2 Å². The zero-order valence-electron chi connectivity index (χ0n) is 12.5. The second-order valence-corrected chi connectivity index (χ2v) is 5.96. The second-order valence-electron chi connectivity index (χ2n) is 5.96. The van der Waals surface area contributed by atoms with Crippen LogP contribution in [0.1, 0.15) is 29.2 Å². The van der Waals surface area contributed by atoms with Crippen LogP contribution in [0.4, 0.5) is 0 Å². The molecule has 0 saturated carbocycles. The van der Waals surface area contributed by atoms with Gasteiger partial charge in [0.25, 0.3) is 0 Å². The van der Waals surface area contributed by atoms with E-state index >= 15 is 0 Å². The van der Waals surface area contributed by atoms with Gasteiger partial charge in [0.05, 0.1) is 0 Å². The fourth-order valence-electron chi connectivity index (χ4n) is 3.57. The van der Waals surface area contributed by atoms with Crippen molar-refractivity contribution in [1.29, 1.82) is 0 Å². The number of fused-ring (bicyclic) bond motifs is 2. The number of rotatable bonds is 1. The summed E-state index contributed by atoms with van der Waals surface area (Å²) in [6, 6.07) is 22.0. The highest BCUT2D eigenvalue weighted by molar-refractivity contribution is 6.00. The van der Waals surface area contributed by atoms with Gasteiger partial charge in [0.1, 0.15) is 0 Å². The molecule has 0 heteroatoms. The zero-order chi connectivity index (χ0) is 14.4. The molecule has 1 aliphatic rings. The van der Waals surface area contributed by atoms with Crippen molar-refractivity contribution in [2.75, 3.05) is 0 Å². The number of aryl methyl sites for hydroxylation is 1. The summed E-state index contributed by atoms with van der Waals surface area (Å²) in [5.41, 5.74) is 8.61. The van der Waals surface area contributed by atoms with Crippen LogP contribution in [-0.2, 0) is 6.42 Å². The van der Waals surface area contributed by atoms with E-state index in [0.717, 1.165) is 6.42 Å². The SMILES string of the molecule is CC1=C(c2cccc3ccccc23)c2cccc(C)c2C1. The maximum atomic E-state index is 2.27. The van der Waals surface area contributed by atoms with Gasteiger partial charge in [-0.15, -0.1) is 0 Å². The minimum atomic E-state index is 1.08. The quantitative estimate of drug-likeness (QED) is 0.545. The number of benzene rings is 3. The molecule has 4 rings (SSSR count). The molecule has 0 radical (unpaired) electrons. The van der Waals surface area contributed by atoms with E-state index in [1.54, 1.807) is 0 Å². The van der Waals surface area contributed by atoms with Gasteiger partial charge in [-0.05, 0) is 58.9 Å². The Hall–Kier alpha value is -2.34. The number of hydrogen-bond donors (Lipinski definition) is 0. The largest absolute Gasteiger partial charge is 0.0616 e. The summed E-state index contributed by atoms with van der Waals surface area (Å²) < 4.78 is 0. The summed E-state index contributed by atoms with van der Waals surface area (Å²) in [5.74, 6) is 0. The molecular formula is C21H18. The fraction of sp³-hybridized carbons (Fsp3) is 0.143. The van der Waals surface area contributed by atoms with E-state index in [9.17, 15) is 0 Å². The first-order valence-electron chi connectivity index (χ1n) is 7.52. The van der Waals surface area contributed by atoms with Gasteiger partial charge < -0.3 is 0 Å². The van der Waals surface area contributed by atoms with E-state index in [2.05, 4.69) is 74.5 Å². The third kappa shape index (κ3) is 1.83. The minimum absolute atomic E-state index is 1.08. The Morgan fingerprint density at radius 1 is 0.714 bits per heavy atom. The molecule has 0 nitrogen and oxygen atoms in total. The van der Waals surface area contributed by atoms with Gasteiger partial charge in [-0.1, -0.05) is 66.2 Å². The predicted octanol–water partition coefficient (Wildman–Crippen LogP) is 5.53. The Morgan fingerprint density at radius 3 is 2.33 bits per heavy atom. The predicted molar refractivity (Wildman–Crippen MR) is 90.5 cm³/mol. The van der Waals surface area contributed by atoms with E-state index in [-0.39, 0.29) is 0 Å². The molecule has 1 aliphatic carbocycles. The minimum Gasteiger partial charge on any atom is -0.0616 e. The summed E-state index contributed by atoms with van der Waals surface area (Å²) in [6.45, 7) is 4.49. The highest BCUT2D eigenvalue weighted by Gasteiger charge is 2.22. The third-order valence-corrected chi connectivity index (χ3v) is 4.61. The Labute approximate surface area is 125 Å². The van der Waals surface area contributed by atoms with Crippen molar-refractivity contribution in [3.8, 4) is 0 Å². The summed E-state index contributed by atoms with van der Waals surface area (Å²) in [5, 5.41) is 2.67. The molecule has 0 heterocycles. The molecule has 0 N–H and O–H groups in total. The molecular weight excluding hydrogens is 252 g/mol. The Balaban J connectivity index is 2.03. The van der Waals surface area contributed by atoms with Gasteiger partial charge in [0.2, 0.25) is 0 Å². The molecule has 102 valence electrons. The molecule has 3 aromatic rings. The second kappa shape index (κ2) is 4.60. The van der Waals surface area contributed by atoms with Crippen LogP contribution in [0, 0.1) is 6.92 Å². The molecule has 0 aromatic heterocycles. The van der Waals surface area contributed by atoms with Gasteiger partial charge >= 0.3 is 0 Å². The first kappa shape index (κ1) is 12.4. The van der Waals surface area contributed by atoms with Crippen molar-refractivity contribution < 1.29 is 0 Å². The lowest BCUT2D eigenvalue weighted by atomic mass is 9.92. The van der Waals surface area contributed by atoms with Crippen molar-refractivity contribution in [3.63, 3.8) is 0 Å². The normalized spacial score (nSPS) is 13.8. The van der Waals surface area contributed by atoms with Crippen molar-refractivity contribution in [3.05, 3.63) is 88.5 Å². The maximum Gasteiger partial charge on any atom is -0.00516 e. The van der Waals surface area contributed by atoms with E-state index < -0.39 is 0 Å². The molecule has 3 aromatic carbocycles. The first-order chi connectivity index (χ1) is 10.3. The Morgan fingerprint density at radius 2 is 1.43 bits per heavy atom. The van der Waals surface area contributed by atoms with Crippen LogP contribution in [-0.4, -0.2) is 0 Å². The standard InChI is InChI=1S/C21H18/c1-14-7-5-11-19-20(14)13-15(2)21(19)18-12-6-9-16-8-3-4-10-17(16)18/h3-12H,13H2,1-2H3. The van der Waals surface area contributed by atoms with E-state index in [1.807, 2.05) is 0 Å². The summed E-state index contributed by atoms with van der Waals surface area (Å²) in [4.78, 5) is 0. The Kier molecular flexibility index (Phi) is 2.71. The van der Waals surface area contributed by atoms with E-state index in [1.165, 1.54) is 44.2 Å². The Bertz CT molecular complexity index is 876. The average Bonchev–Trinajstić information content (AvgIpc) is 2.84. The fourth-order valence-corrected chi connectivity index (χ4v) is 3.57. The molecule has 0 aliphatic heterocycles. The number of hydrogen-bond acceptors (Lipinski definition) is 0. The van der Waals surface area contributed by atoms with Gasteiger partial charge in [-0.2, -0.15) is 0 Å². The van der Waals surface area contributed by atoms with Crippen molar-refractivity contribution in [2.45, 2.75) is 20.3 Å². The highest BCUT2D eigenvalue weighted by Crippen LogP contribution is 2.40. The topological polar surface area (TPSA) is 0 Å². The van der Waals surface area contributed by atoms with Gasteiger partial charge in [-0.25, -0.2) is 0 Å². The lowest BCUT2D eigenvalue weighted by Gasteiger charge is -2.11. The van der Waals surface area contributed by atoms with Gasteiger partial charge in [0.15, 0.2) is 0 Å². The molecule has 0 fully saturated rings. The van der Waals surface area contributed by atoms with Crippen LogP contribution >= 0.6 is 0 Å². The smallest absolute Gasteiger partial charge is 0.00516 e. The molecule has 0 bridgehead atoms. The van der Waals surface area contributed by atoms with Crippen LogP contribution in [0.25, 0.3) is 16.3 Å². The molecule has 0 saturated heterocycles. The summed E-state index contributed by atoms with van der Waals surface area (Å²) in [6.07, 6.45) is 1.08. The van der Waals surface area contributed by atoms with Crippen molar-refractivity contribution in [2.24, 2.45) is 0 Å². The van der Waals surface area contributed by atoms with Gasteiger partial charge in [0, 0.05) is 0 Å². The van der Waals surface area contributed by atoms with Crippen molar-refractivity contribution >= 4 is 16.3 Å². The van der Waals surface area contributed by atoms with Gasteiger partial charge in [-0.3, -0.25) is 0 Å². The lowest BCUT2D eigenvalue weighted by molar-refractivity contribution is 1.16. The van der Waals surface area contributed by atoms with Crippen molar-refractivity contribution in [1.82, 2.24) is 0 Å². The van der Waals surface area contributed by atoms with Crippen LogP contribution in [0.2, 0.25) is 0 Å². The molecule has 0 amide bonds. The van der Waals surface area contributed by atoms with Crippen LogP contribution < -0.4 is 0 Å². The summed E-state index contributed by atoms with van der Waals surface area (Å²) >= 11 is 0. The third-order valence-electron chi connectivity index (χ3n) is 4.61. The van der Waals surface area contributed by atoms with E-state index in [0.29, 0.717) is 0 Å². The average molecular weight is 270 g/mol. The first-order valence-corrected chi connectivity index (χ1v) is 7.52. The molecule has 0 unspecified atom stereocenters. The monoisotopic (exact) mass is 270 g/mol. The molecule has 0 atom stereocenters. The molecule has 21 heavy (non-hydrogen) atoms. The maximum absolute atomic E-state index is 2.27. The van der Waals surface area contributed by atoms with Crippen LogP contribution in [0.5, 0.6) is 0 Å². The lowest BCUT2D eigenvalue weighted by Crippen LogP contribution is -1.91. The summed E-state index contributed by atoms with van der Waals surface area (Å²) in [7, 11) is 0. The number of allylic oxidation sites excluding steroid dienone is 1.